The molecule has 4 rings (SSSR count). The average Bonchev–Trinajstić information content (AvgIpc) is 2.75. The van der Waals surface area contributed by atoms with Crippen molar-refractivity contribution < 1.29 is 22.4 Å². The molecule has 3 nitrogen and oxygen atoms in total. The molecule has 0 bridgehead atoms. The quantitative estimate of drug-likeness (QED) is 0.664. The molecule has 0 radical (unpaired) electrons. The number of amides is 1. The SMILES string of the molecule is Cc1cc(F)ccc1[C@@H]1CNCCC12CCN(C(=O)Cc1ccccc1C(F)(F)F)CC2. The van der Waals surface area contributed by atoms with Crippen LogP contribution in [0.2, 0.25) is 0 Å². The lowest BCUT2D eigenvalue weighted by atomic mass is 9.62. The lowest BCUT2D eigenvalue weighted by Crippen LogP contribution is -2.51. The lowest BCUT2D eigenvalue weighted by molar-refractivity contribution is -0.139. The number of hydrogen-bond donors (Lipinski definition) is 1. The van der Waals surface area contributed by atoms with Crippen LogP contribution in [-0.2, 0) is 17.4 Å². The first kappa shape index (κ1) is 22.8. The Balaban J connectivity index is 1.48. The zero-order chi connectivity index (χ0) is 22.9. The summed E-state index contributed by atoms with van der Waals surface area (Å²) in [5, 5.41) is 3.45. The summed E-state index contributed by atoms with van der Waals surface area (Å²) in [4.78, 5) is 14.6. The van der Waals surface area contributed by atoms with E-state index in [1.54, 1.807) is 11.0 Å². The van der Waals surface area contributed by atoms with E-state index in [4.69, 9.17) is 0 Å². The fourth-order valence-electron chi connectivity index (χ4n) is 5.47. The van der Waals surface area contributed by atoms with Crippen LogP contribution in [0.1, 0.15) is 47.4 Å². The van der Waals surface area contributed by atoms with E-state index in [1.807, 2.05) is 13.0 Å². The van der Waals surface area contributed by atoms with Crippen molar-refractivity contribution in [2.75, 3.05) is 26.2 Å². The fourth-order valence-corrected chi connectivity index (χ4v) is 5.47. The Labute approximate surface area is 185 Å². The fraction of sp³-hybridized carbons (Fsp3) is 0.480. The second-order valence-corrected chi connectivity index (χ2v) is 9.08. The van der Waals surface area contributed by atoms with Gasteiger partial charge < -0.3 is 10.2 Å². The number of piperidine rings is 2. The van der Waals surface area contributed by atoms with E-state index in [9.17, 15) is 22.4 Å². The van der Waals surface area contributed by atoms with Crippen molar-refractivity contribution in [3.05, 3.63) is 70.5 Å². The maximum atomic E-state index is 13.6. The van der Waals surface area contributed by atoms with Crippen molar-refractivity contribution in [2.24, 2.45) is 5.41 Å². The predicted octanol–water partition coefficient (Wildman–Crippen LogP) is 5.08. The molecule has 0 unspecified atom stereocenters. The Bertz CT molecular complexity index is 980. The number of hydrogen-bond acceptors (Lipinski definition) is 2. The summed E-state index contributed by atoms with van der Waals surface area (Å²) in [5.74, 6) is -0.288. The summed E-state index contributed by atoms with van der Waals surface area (Å²) in [5.41, 5.74) is 1.35. The number of likely N-dealkylation sites (tertiary alicyclic amines) is 1. The third-order valence-electron chi connectivity index (χ3n) is 7.27. The first-order chi connectivity index (χ1) is 15.2. The third-order valence-corrected chi connectivity index (χ3v) is 7.27. The molecule has 0 aromatic heterocycles. The minimum absolute atomic E-state index is 0.00843. The molecule has 172 valence electrons. The van der Waals surface area contributed by atoms with Crippen LogP contribution in [0.3, 0.4) is 0 Å². The van der Waals surface area contributed by atoms with Crippen LogP contribution in [0.25, 0.3) is 0 Å². The Morgan fingerprint density at radius 3 is 2.53 bits per heavy atom. The van der Waals surface area contributed by atoms with Crippen molar-refractivity contribution in [1.29, 1.82) is 0 Å². The number of nitrogens with one attached hydrogen (secondary N) is 1. The van der Waals surface area contributed by atoms with Crippen LogP contribution >= 0.6 is 0 Å². The highest BCUT2D eigenvalue weighted by Crippen LogP contribution is 2.49. The number of alkyl halides is 3. The lowest BCUT2D eigenvalue weighted by Gasteiger charge is -2.50. The Kier molecular flexibility index (Phi) is 6.30. The normalized spacial score (nSPS) is 21.0. The monoisotopic (exact) mass is 448 g/mol. The summed E-state index contributed by atoms with van der Waals surface area (Å²) in [6.45, 7) is 4.69. The molecular weight excluding hydrogens is 420 g/mol. The second-order valence-electron chi connectivity index (χ2n) is 9.08. The summed E-state index contributed by atoms with van der Waals surface area (Å²) in [7, 11) is 0. The molecule has 7 heteroatoms. The van der Waals surface area contributed by atoms with E-state index >= 15 is 0 Å². The molecule has 2 saturated heterocycles. The second kappa shape index (κ2) is 8.85. The van der Waals surface area contributed by atoms with E-state index in [-0.39, 0.29) is 35.0 Å². The van der Waals surface area contributed by atoms with Gasteiger partial charge in [-0.05, 0) is 73.0 Å². The zero-order valence-corrected chi connectivity index (χ0v) is 18.1. The highest BCUT2D eigenvalue weighted by Gasteiger charge is 2.44. The molecule has 2 aromatic rings. The number of benzene rings is 2. The van der Waals surface area contributed by atoms with Crippen molar-refractivity contribution in [3.8, 4) is 0 Å². The van der Waals surface area contributed by atoms with E-state index in [0.29, 0.717) is 13.1 Å². The topological polar surface area (TPSA) is 32.3 Å². The minimum Gasteiger partial charge on any atom is -0.342 e. The van der Waals surface area contributed by atoms with Gasteiger partial charge >= 0.3 is 6.18 Å². The molecule has 2 aliphatic heterocycles. The highest BCUT2D eigenvalue weighted by molar-refractivity contribution is 5.79. The number of carbonyl (C=O) groups is 1. The molecule has 2 aliphatic rings. The minimum atomic E-state index is -4.47. The van der Waals surface area contributed by atoms with Crippen molar-refractivity contribution in [2.45, 2.75) is 44.7 Å². The summed E-state index contributed by atoms with van der Waals surface area (Å²) >= 11 is 0. The maximum absolute atomic E-state index is 13.6. The largest absolute Gasteiger partial charge is 0.416 e. The van der Waals surface area contributed by atoms with E-state index in [0.717, 1.165) is 49.5 Å². The van der Waals surface area contributed by atoms with E-state index < -0.39 is 11.7 Å². The van der Waals surface area contributed by atoms with Crippen LogP contribution in [0, 0.1) is 18.2 Å². The molecule has 1 atom stereocenters. The number of halogens is 4. The van der Waals surface area contributed by atoms with Gasteiger partial charge in [0, 0.05) is 25.6 Å². The molecule has 0 aliphatic carbocycles. The molecule has 32 heavy (non-hydrogen) atoms. The van der Waals surface area contributed by atoms with Gasteiger partial charge in [-0.2, -0.15) is 13.2 Å². The van der Waals surface area contributed by atoms with Gasteiger partial charge in [-0.15, -0.1) is 0 Å². The molecular formula is C25H28F4N2O. The van der Waals surface area contributed by atoms with Crippen molar-refractivity contribution >= 4 is 5.91 Å². The average molecular weight is 449 g/mol. The molecule has 0 saturated carbocycles. The van der Waals surface area contributed by atoms with Gasteiger partial charge in [-0.1, -0.05) is 24.3 Å². The maximum Gasteiger partial charge on any atom is 0.416 e. The molecule has 2 heterocycles. The summed E-state index contributed by atoms with van der Waals surface area (Å²) in [6, 6.07) is 10.2. The number of nitrogens with zero attached hydrogens (tertiary/aromatic N) is 1. The van der Waals surface area contributed by atoms with Crippen LogP contribution in [0.4, 0.5) is 17.6 Å². The zero-order valence-electron chi connectivity index (χ0n) is 18.1. The molecule has 2 fully saturated rings. The standard InChI is InChI=1S/C25H28F4N2O/c1-17-14-19(26)6-7-20(17)22-16-30-11-8-24(22)9-12-31(13-10-24)23(32)15-18-4-2-3-5-21(18)25(27,28)29/h2-7,14,22,30H,8-13,15-16H2,1H3/t22-/m0/s1. The van der Waals surface area contributed by atoms with Gasteiger partial charge in [0.25, 0.3) is 0 Å². The number of aryl methyl sites for hydroxylation is 1. The Morgan fingerprint density at radius 1 is 1.12 bits per heavy atom. The predicted molar refractivity (Wildman–Crippen MR) is 115 cm³/mol. The Morgan fingerprint density at radius 2 is 1.84 bits per heavy atom. The van der Waals surface area contributed by atoms with Gasteiger partial charge in [0.05, 0.1) is 12.0 Å². The molecule has 1 spiro atoms. The molecule has 2 aromatic carbocycles. The first-order valence-electron chi connectivity index (χ1n) is 11.1. The summed E-state index contributed by atoms with van der Waals surface area (Å²) < 4.78 is 53.5. The van der Waals surface area contributed by atoms with E-state index in [1.165, 1.54) is 24.3 Å². The van der Waals surface area contributed by atoms with Crippen LogP contribution in [-0.4, -0.2) is 37.0 Å². The number of rotatable bonds is 3. The highest BCUT2D eigenvalue weighted by atomic mass is 19.4. The third kappa shape index (κ3) is 4.53. The van der Waals surface area contributed by atoms with Gasteiger partial charge in [-0.25, -0.2) is 4.39 Å². The number of carbonyl (C=O) groups excluding carboxylic acids is 1. The van der Waals surface area contributed by atoms with Gasteiger partial charge in [0.2, 0.25) is 5.91 Å². The van der Waals surface area contributed by atoms with Crippen LogP contribution in [0.15, 0.2) is 42.5 Å². The van der Waals surface area contributed by atoms with Crippen molar-refractivity contribution in [3.63, 3.8) is 0 Å². The van der Waals surface area contributed by atoms with Gasteiger partial charge in [-0.3, -0.25) is 4.79 Å². The molecule has 1 amide bonds. The first-order valence-corrected chi connectivity index (χ1v) is 11.1. The van der Waals surface area contributed by atoms with Gasteiger partial charge in [0.15, 0.2) is 0 Å². The van der Waals surface area contributed by atoms with Crippen molar-refractivity contribution in [1.82, 2.24) is 10.2 Å². The molecule has 1 N–H and O–H groups in total. The van der Waals surface area contributed by atoms with E-state index in [2.05, 4.69) is 5.32 Å². The smallest absolute Gasteiger partial charge is 0.342 e. The van der Waals surface area contributed by atoms with Crippen LogP contribution in [0.5, 0.6) is 0 Å². The summed E-state index contributed by atoms with van der Waals surface area (Å²) in [6.07, 6.45) is -2.16. The van der Waals surface area contributed by atoms with Gasteiger partial charge in [0.1, 0.15) is 5.82 Å². The Hall–Kier alpha value is -2.41. The van der Waals surface area contributed by atoms with Crippen LogP contribution < -0.4 is 5.32 Å².